The Morgan fingerprint density at radius 2 is 2.04 bits per heavy atom. The first-order chi connectivity index (χ1) is 10.8. The summed E-state index contributed by atoms with van der Waals surface area (Å²) in [4.78, 5) is 14.4. The second kappa shape index (κ2) is 7.32. The summed E-state index contributed by atoms with van der Waals surface area (Å²) in [6, 6.07) is 10.2. The molecule has 1 unspecified atom stereocenters. The van der Waals surface area contributed by atoms with E-state index in [1.807, 2.05) is 39.0 Å². The predicted octanol–water partition coefficient (Wildman–Crippen LogP) is 2.54. The molecule has 0 bridgehead atoms. The van der Waals surface area contributed by atoms with Gasteiger partial charge < -0.3 is 15.2 Å². The van der Waals surface area contributed by atoms with Gasteiger partial charge in [0, 0.05) is 13.1 Å². The highest BCUT2D eigenvalue weighted by atomic mass is 16.6. The Kier molecular flexibility index (Phi) is 5.65. The molecular formula is C18H28N2O3. The minimum atomic E-state index is -0.630. The molecule has 1 fully saturated rings. The van der Waals surface area contributed by atoms with Crippen molar-refractivity contribution in [3.05, 3.63) is 35.9 Å². The summed E-state index contributed by atoms with van der Waals surface area (Å²) in [5.74, 6) is 0. The number of piperidine rings is 1. The van der Waals surface area contributed by atoms with E-state index < -0.39 is 17.2 Å². The molecule has 1 aromatic carbocycles. The molecule has 1 aliphatic heterocycles. The molecule has 1 aliphatic rings. The van der Waals surface area contributed by atoms with Gasteiger partial charge in [-0.3, -0.25) is 4.90 Å². The lowest BCUT2D eigenvalue weighted by Crippen LogP contribution is -2.61. The van der Waals surface area contributed by atoms with Gasteiger partial charge in [0.15, 0.2) is 0 Å². The fourth-order valence-corrected chi connectivity index (χ4v) is 2.99. The van der Waals surface area contributed by atoms with E-state index in [2.05, 4.69) is 22.3 Å². The monoisotopic (exact) mass is 320 g/mol. The number of nitrogens with zero attached hydrogens (tertiary/aromatic N) is 1. The Bertz CT molecular complexity index is 513. The first kappa shape index (κ1) is 17.8. The summed E-state index contributed by atoms with van der Waals surface area (Å²) in [6.07, 6.45) is 1.23. The Hall–Kier alpha value is -1.59. The van der Waals surface area contributed by atoms with Crippen molar-refractivity contribution in [3.8, 4) is 0 Å². The van der Waals surface area contributed by atoms with Crippen molar-refractivity contribution in [1.82, 2.24) is 10.2 Å². The number of aliphatic hydroxyl groups is 1. The fraction of sp³-hybridized carbons (Fsp3) is 0.611. The van der Waals surface area contributed by atoms with Crippen LogP contribution in [0.25, 0.3) is 0 Å². The second-order valence-corrected chi connectivity index (χ2v) is 7.37. The molecule has 0 saturated carbocycles. The number of hydrogen-bond acceptors (Lipinski definition) is 4. The van der Waals surface area contributed by atoms with Crippen molar-refractivity contribution in [2.75, 3.05) is 19.7 Å². The van der Waals surface area contributed by atoms with Crippen molar-refractivity contribution >= 4 is 6.09 Å². The molecule has 23 heavy (non-hydrogen) atoms. The molecule has 1 heterocycles. The van der Waals surface area contributed by atoms with Crippen LogP contribution in [-0.2, 0) is 11.3 Å². The predicted molar refractivity (Wildman–Crippen MR) is 90.1 cm³/mol. The molecule has 2 rings (SSSR count). The largest absolute Gasteiger partial charge is 0.444 e. The van der Waals surface area contributed by atoms with Gasteiger partial charge >= 0.3 is 6.09 Å². The quantitative estimate of drug-likeness (QED) is 0.895. The van der Waals surface area contributed by atoms with E-state index in [4.69, 9.17) is 4.74 Å². The summed E-state index contributed by atoms with van der Waals surface area (Å²) < 4.78 is 5.34. The molecule has 0 spiro atoms. The lowest BCUT2D eigenvalue weighted by atomic mass is 9.89. The van der Waals surface area contributed by atoms with E-state index in [1.165, 1.54) is 5.56 Å². The van der Waals surface area contributed by atoms with Gasteiger partial charge in [-0.05, 0) is 45.7 Å². The van der Waals surface area contributed by atoms with Crippen molar-refractivity contribution in [3.63, 3.8) is 0 Å². The van der Waals surface area contributed by atoms with Gasteiger partial charge in [-0.15, -0.1) is 0 Å². The SMILES string of the molecule is CC(C)(C)OC(=O)NC1(CO)CCCN(Cc2ccccc2)C1. The minimum Gasteiger partial charge on any atom is -0.444 e. The standard InChI is InChI=1S/C18H28N2O3/c1-17(2,3)23-16(22)19-18(14-21)10-7-11-20(13-18)12-15-8-5-4-6-9-15/h4-6,8-9,21H,7,10-14H2,1-3H3,(H,19,22). The summed E-state index contributed by atoms with van der Waals surface area (Å²) in [7, 11) is 0. The second-order valence-electron chi connectivity index (χ2n) is 7.37. The van der Waals surface area contributed by atoms with Gasteiger partial charge in [0.1, 0.15) is 5.60 Å². The Morgan fingerprint density at radius 1 is 1.35 bits per heavy atom. The number of carbonyl (C=O) groups is 1. The average Bonchev–Trinajstić information content (AvgIpc) is 2.46. The van der Waals surface area contributed by atoms with E-state index in [-0.39, 0.29) is 6.61 Å². The maximum atomic E-state index is 12.1. The molecule has 1 atom stereocenters. The van der Waals surface area contributed by atoms with Crippen molar-refractivity contribution in [1.29, 1.82) is 0 Å². The first-order valence-electron chi connectivity index (χ1n) is 8.20. The van der Waals surface area contributed by atoms with Crippen LogP contribution in [0.2, 0.25) is 0 Å². The third-order valence-corrected chi connectivity index (χ3v) is 3.97. The minimum absolute atomic E-state index is 0.0858. The third kappa shape index (κ3) is 5.52. The van der Waals surface area contributed by atoms with E-state index in [9.17, 15) is 9.90 Å². The lowest BCUT2D eigenvalue weighted by molar-refractivity contribution is 0.0225. The summed E-state index contributed by atoms with van der Waals surface area (Å²) in [5, 5.41) is 12.8. The van der Waals surface area contributed by atoms with Crippen LogP contribution in [0.15, 0.2) is 30.3 Å². The molecule has 1 amide bonds. The van der Waals surface area contributed by atoms with Crippen LogP contribution in [0.1, 0.15) is 39.2 Å². The van der Waals surface area contributed by atoms with Gasteiger partial charge in [0.05, 0.1) is 12.1 Å². The molecule has 5 nitrogen and oxygen atoms in total. The third-order valence-electron chi connectivity index (χ3n) is 3.97. The molecule has 2 N–H and O–H groups in total. The van der Waals surface area contributed by atoms with Crippen molar-refractivity contribution in [2.45, 2.75) is 51.3 Å². The fourth-order valence-electron chi connectivity index (χ4n) is 2.99. The molecule has 1 aromatic rings. The van der Waals surface area contributed by atoms with Gasteiger partial charge in [0.25, 0.3) is 0 Å². The number of amides is 1. The van der Waals surface area contributed by atoms with Gasteiger partial charge in [0.2, 0.25) is 0 Å². The number of likely N-dealkylation sites (tertiary alicyclic amines) is 1. The first-order valence-corrected chi connectivity index (χ1v) is 8.20. The molecule has 5 heteroatoms. The molecule has 0 radical (unpaired) electrons. The zero-order chi connectivity index (χ0) is 16.9. The van der Waals surface area contributed by atoms with E-state index >= 15 is 0 Å². The number of nitrogens with one attached hydrogen (secondary N) is 1. The molecule has 0 aliphatic carbocycles. The topological polar surface area (TPSA) is 61.8 Å². The van der Waals surface area contributed by atoms with Crippen LogP contribution in [-0.4, -0.2) is 46.9 Å². The van der Waals surface area contributed by atoms with E-state index in [0.29, 0.717) is 6.54 Å². The van der Waals surface area contributed by atoms with E-state index in [0.717, 1.165) is 25.9 Å². The summed E-state index contributed by atoms with van der Waals surface area (Å²) in [6.45, 7) is 7.82. The zero-order valence-electron chi connectivity index (χ0n) is 14.3. The highest BCUT2D eigenvalue weighted by molar-refractivity contribution is 5.69. The maximum Gasteiger partial charge on any atom is 0.408 e. The average molecular weight is 320 g/mol. The highest BCUT2D eigenvalue weighted by Gasteiger charge is 2.37. The molecular weight excluding hydrogens is 292 g/mol. The Balaban J connectivity index is 1.99. The number of alkyl carbamates (subject to hydrolysis) is 1. The number of rotatable bonds is 4. The van der Waals surface area contributed by atoms with Crippen LogP contribution in [0, 0.1) is 0 Å². The number of benzene rings is 1. The van der Waals surface area contributed by atoms with E-state index in [1.54, 1.807) is 0 Å². The summed E-state index contributed by atoms with van der Waals surface area (Å²) in [5.41, 5.74) is 0.0626. The zero-order valence-corrected chi connectivity index (χ0v) is 14.3. The molecule has 1 saturated heterocycles. The van der Waals surface area contributed by atoms with Gasteiger partial charge in [-0.25, -0.2) is 4.79 Å². The van der Waals surface area contributed by atoms with Gasteiger partial charge in [-0.1, -0.05) is 30.3 Å². The van der Waals surface area contributed by atoms with Crippen molar-refractivity contribution in [2.24, 2.45) is 0 Å². The Morgan fingerprint density at radius 3 is 2.65 bits per heavy atom. The van der Waals surface area contributed by atoms with Crippen LogP contribution >= 0.6 is 0 Å². The van der Waals surface area contributed by atoms with Gasteiger partial charge in [-0.2, -0.15) is 0 Å². The van der Waals surface area contributed by atoms with Crippen LogP contribution < -0.4 is 5.32 Å². The number of hydrogen-bond donors (Lipinski definition) is 2. The number of ether oxygens (including phenoxy) is 1. The van der Waals surface area contributed by atoms with Crippen LogP contribution in [0.4, 0.5) is 4.79 Å². The maximum absolute atomic E-state index is 12.1. The number of aliphatic hydroxyl groups excluding tert-OH is 1. The van der Waals surface area contributed by atoms with Crippen molar-refractivity contribution < 1.29 is 14.6 Å². The molecule has 0 aromatic heterocycles. The lowest BCUT2D eigenvalue weighted by Gasteiger charge is -2.42. The molecule has 128 valence electrons. The highest BCUT2D eigenvalue weighted by Crippen LogP contribution is 2.23. The Labute approximate surface area is 138 Å². The van der Waals surface area contributed by atoms with Crippen LogP contribution in [0.3, 0.4) is 0 Å². The smallest absolute Gasteiger partial charge is 0.408 e. The normalized spacial score (nSPS) is 22.6. The van der Waals surface area contributed by atoms with Crippen LogP contribution in [0.5, 0.6) is 0 Å². The number of carbonyl (C=O) groups excluding carboxylic acids is 1. The summed E-state index contributed by atoms with van der Waals surface area (Å²) >= 11 is 0.